The van der Waals surface area contributed by atoms with Crippen LogP contribution in [0.1, 0.15) is 47.0 Å². The van der Waals surface area contributed by atoms with E-state index in [1.807, 2.05) is 35.8 Å². The molecule has 8 aromatic carbocycles. The minimum atomic E-state index is -2.90. The summed E-state index contributed by atoms with van der Waals surface area (Å²) in [6.45, 7) is -1.92. The van der Waals surface area contributed by atoms with Crippen LogP contribution in [0.3, 0.4) is 0 Å². The largest absolute Gasteiger partial charge is 0.509 e. The second-order valence-electron chi connectivity index (χ2n) is 16.0. The molecule has 0 radical (unpaired) electrons. The Kier molecular flexibility index (Phi) is 6.72. The summed E-state index contributed by atoms with van der Waals surface area (Å²) in [5.74, 6) is -0.0904. The molecule has 4 heterocycles. The predicted molar refractivity (Wildman–Crippen MR) is 266 cm³/mol. The third kappa shape index (κ3) is 6.56. The van der Waals surface area contributed by atoms with Gasteiger partial charge in [-0.25, -0.2) is 4.98 Å². The number of aryl methyl sites for hydroxylation is 5. The first-order valence-electron chi connectivity index (χ1n) is 27.7. The molecule has 0 atom stereocenters. The van der Waals surface area contributed by atoms with E-state index in [1.54, 1.807) is 28.8 Å². The molecule has 3 aromatic heterocycles. The third-order valence-electron chi connectivity index (χ3n) is 12.1. The van der Waals surface area contributed by atoms with Crippen LogP contribution in [0.4, 0.5) is 11.4 Å². The van der Waals surface area contributed by atoms with E-state index in [1.165, 1.54) is 24.3 Å². The van der Waals surface area contributed by atoms with Crippen LogP contribution in [0.2, 0.25) is 0 Å². The van der Waals surface area contributed by atoms with Gasteiger partial charge < -0.3 is 18.8 Å². The second-order valence-corrected chi connectivity index (χ2v) is 16.0. The van der Waals surface area contributed by atoms with Crippen molar-refractivity contribution >= 4 is 76.5 Å². The molecule has 0 N–H and O–H groups in total. The van der Waals surface area contributed by atoms with E-state index in [0.717, 1.165) is 66.4 Å². The fourth-order valence-corrected chi connectivity index (χ4v) is 9.22. The van der Waals surface area contributed by atoms with Crippen molar-refractivity contribution in [3.63, 3.8) is 0 Å². The Morgan fingerprint density at radius 1 is 0.615 bits per heavy atom. The van der Waals surface area contributed by atoms with Crippen LogP contribution in [0, 0.1) is 53.2 Å². The van der Waals surface area contributed by atoms with Gasteiger partial charge in [0.1, 0.15) is 5.82 Å². The summed E-state index contributed by atoms with van der Waals surface area (Å²) in [7, 11) is 0. The van der Waals surface area contributed by atoms with Gasteiger partial charge in [0.2, 0.25) is 0 Å². The van der Waals surface area contributed by atoms with Gasteiger partial charge in [0.15, 0.2) is 0 Å². The number of para-hydroxylation sites is 2. The molecule has 1 aliphatic rings. The molecule has 0 aliphatic carbocycles. The first-order chi connectivity index (χ1) is 37.0. The Morgan fingerprint density at radius 2 is 1.35 bits per heavy atom. The summed E-state index contributed by atoms with van der Waals surface area (Å²) in [5.41, 5.74) is 4.90. The van der Waals surface area contributed by atoms with Crippen LogP contribution >= 0.6 is 0 Å². The standard InChI is InChI=1S/C59H43N4O.Pt/c1-36-21-26-46-44-16-9-10-17-45(44)48-19-12-20-54-59(48)62(58-39(4)13-11-18-49(58)50(46)29-36)35-61(54)42-24-23-38(3)56(32-42)64-43-25-27-47-51-30-37(2)22-28-53(51)63(55(47)33-43)57-31-40(5)52(34-60-57)41-14-7-6-8-15-41;/h6-31,34-35H,1-5H3;/q-3;/i2D3,3D3,5D3,6D,7D,8D,14D,15D;. The van der Waals surface area contributed by atoms with Gasteiger partial charge in [-0.1, -0.05) is 155 Å². The first kappa shape index (κ1) is 27.8. The quantitative estimate of drug-likeness (QED) is 0.161. The summed E-state index contributed by atoms with van der Waals surface area (Å²) in [4.78, 5) is 6.60. The zero-order valence-corrected chi connectivity index (χ0v) is 37.1. The van der Waals surface area contributed by atoms with Crippen molar-refractivity contribution in [2.45, 2.75) is 34.4 Å². The molecule has 0 bridgehead atoms. The Morgan fingerprint density at radius 3 is 2.18 bits per heavy atom. The normalized spacial score (nSPS) is 15.8. The van der Waals surface area contributed by atoms with Crippen molar-refractivity contribution < 1.29 is 45.0 Å². The number of hydrogen-bond donors (Lipinski definition) is 0. The van der Waals surface area contributed by atoms with Gasteiger partial charge >= 0.3 is 0 Å². The van der Waals surface area contributed by atoms with Gasteiger partial charge in [-0.2, -0.15) is 12.1 Å². The molecule has 0 amide bonds. The second kappa shape index (κ2) is 15.7. The van der Waals surface area contributed by atoms with Crippen molar-refractivity contribution in [2.75, 3.05) is 4.90 Å². The zero-order chi connectivity index (χ0) is 55.1. The fourth-order valence-electron chi connectivity index (χ4n) is 9.22. The fraction of sp³-hybridized carbons (Fsp3) is 0.0847. The molecule has 0 spiro atoms. The molecule has 11 aromatic rings. The molecule has 0 fully saturated rings. The number of fused-ring (bicyclic) bond motifs is 10. The molecule has 0 saturated carbocycles. The molecule has 318 valence electrons. The van der Waals surface area contributed by atoms with Crippen LogP contribution in [-0.2, 0) is 21.1 Å². The number of pyridine rings is 1. The van der Waals surface area contributed by atoms with Crippen molar-refractivity contribution in [1.82, 2.24) is 14.1 Å². The van der Waals surface area contributed by atoms with Crippen LogP contribution in [0.15, 0.2) is 164 Å². The summed E-state index contributed by atoms with van der Waals surface area (Å²) >= 11 is 0. The van der Waals surface area contributed by atoms with Crippen LogP contribution < -0.4 is 9.64 Å². The number of rotatable bonds is 5. The topological polar surface area (TPSA) is 35.2 Å². The molecule has 12 rings (SSSR count). The molecule has 0 unspecified atom stereocenters. The van der Waals surface area contributed by atoms with E-state index in [2.05, 4.69) is 90.1 Å². The maximum absolute atomic E-state index is 8.66. The molecule has 1 aliphatic heterocycles. The molecule has 5 nitrogen and oxygen atoms in total. The summed E-state index contributed by atoms with van der Waals surface area (Å²) in [6.07, 6.45) is 1.14. The van der Waals surface area contributed by atoms with E-state index in [-0.39, 0.29) is 71.7 Å². The molecule has 6 heteroatoms. The van der Waals surface area contributed by atoms with Gasteiger partial charge in [-0.05, 0) is 107 Å². The minimum Gasteiger partial charge on any atom is -0.509 e. The number of anilines is 2. The van der Waals surface area contributed by atoms with E-state index in [9.17, 15) is 0 Å². The van der Waals surface area contributed by atoms with E-state index in [4.69, 9.17) is 23.9 Å². The number of benzene rings is 8. The van der Waals surface area contributed by atoms with Crippen molar-refractivity contribution in [3.8, 4) is 28.4 Å². The predicted octanol–water partition coefficient (Wildman–Crippen LogP) is 15.4. The van der Waals surface area contributed by atoms with E-state index >= 15 is 0 Å². The SMILES string of the molecule is [2H]c1c([2H])c([2H])c(-c2cnc(-n3c4[c-]c(Oc5[c-]c(N6[CH-]n7c8c(C)cccc8c8cc(C)ccc8c8ccccc8c8cccc6c87)ccc5C([2H])([2H])[2H])ccc4c4cc(C([2H])([2H])[2H])ccc43)cc2C([2H])([2H])[2H])c([2H])c1[2H].[Pt]. The van der Waals surface area contributed by atoms with E-state index < -0.39 is 50.8 Å². The number of nitrogens with zero attached hydrogens (tertiary/aromatic N) is 4. The van der Waals surface area contributed by atoms with Gasteiger partial charge in [0.25, 0.3) is 0 Å². The summed E-state index contributed by atoms with van der Waals surface area (Å²) < 4.78 is 129. The van der Waals surface area contributed by atoms with Gasteiger partial charge in [-0.3, -0.25) is 0 Å². The smallest absolute Gasteiger partial charge is 0.135 e. The number of aromatic nitrogens is 3. The zero-order valence-electron chi connectivity index (χ0n) is 48.8. The third-order valence-corrected chi connectivity index (χ3v) is 12.1. The van der Waals surface area contributed by atoms with Gasteiger partial charge in [0, 0.05) is 67.9 Å². The monoisotopic (exact) mass is 1030 g/mol. The van der Waals surface area contributed by atoms with E-state index in [0.29, 0.717) is 22.0 Å². The van der Waals surface area contributed by atoms with Crippen LogP contribution in [0.5, 0.6) is 11.5 Å². The van der Waals surface area contributed by atoms with Crippen molar-refractivity contribution in [1.29, 1.82) is 0 Å². The number of ether oxygens (including phenoxy) is 1. The average Bonchev–Trinajstić information content (AvgIpc) is 3.97. The number of hydrogen-bond acceptors (Lipinski definition) is 3. The maximum Gasteiger partial charge on any atom is 0.135 e. The summed E-state index contributed by atoms with van der Waals surface area (Å²) in [6, 6.07) is 42.9. The Bertz CT molecular complexity index is 4440. The van der Waals surface area contributed by atoms with Crippen molar-refractivity contribution in [3.05, 3.63) is 210 Å². The molecule has 65 heavy (non-hydrogen) atoms. The minimum absolute atomic E-state index is 0. The van der Waals surface area contributed by atoms with Crippen LogP contribution in [0.25, 0.3) is 82.1 Å². The first-order valence-corrected chi connectivity index (χ1v) is 20.7. The Balaban J connectivity index is 0.00000660. The Labute approximate surface area is 412 Å². The summed E-state index contributed by atoms with van der Waals surface area (Å²) in [5, 5.41) is 7.20. The molecular formula is C59H43N4OPt-3. The average molecular weight is 1030 g/mol. The van der Waals surface area contributed by atoms with Gasteiger partial charge in [-0.15, -0.1) is 35.2 Å². The maximum atomic E-state index is 8.66. The molecule has 0 saturated heterocycles. The van der Waals surface area contributed by atoms with Crippen molar-refractivity contribution in [2.24, 2.45) is 0 Å². The van der Waals surface area contributed by atoms with Gasteiger partial charge in [0.05, 0.1) is 6.85 Å². The molecular weight excluding hydrogens is 976 g/mol. The Hall–Kier alpha value is -7.33. The van der Waals surface area contributed by atoms with Crippen LogP contribution in [-0.4, -0.2) is 14.1 Å².